The Hall–Kier alpha value is 0.537. The normalized spacial score (nSPS) is 13.7. The van der Waals surface area contributed by atoms with E-state index in [0.717, 1.165) is 0 Å². The van der Waals surface area contributed by atoms with E-state index in [1.54, 1.807) is 5.70 Å². The van der Waals surface area contributed by atoms with E-state index in [1.165, 1.54) is 0 Å². The lowest BCUT2D eigenvalue weighted by atomic mass is 9.99. The molecule has 0 radical (unpaired) electrons. The summed E-state index contributed by atoms with van der Waals surface area (Å²) in [5.41, 5.74) is 1.73. The van der Waals surface area contributed by atoms with Gasteiger partial charge in [-0.2, -0.15) is 0 Å². The molecular weight excluding hydrogens is 195 g/mol. The first-order chi connectivity index (χ1) is 4.75. The van der Waals surface area contributed by atoms with Gasteiger partial charge in [-0.3, -0.25) is 0 Å². The summed E-state index contributed by atoms with van der Waals surface area (Å²) in [7, 11) is 0. The van der Waals surface area contributed by atoms with Crippen LogP contribution >= 0.6 is 22.2 Å². The fourth-order valence-electron chi connectivity index (χ4n) is 0.648. The molecule has 0 unspecified atom stereocenters. The van der Waals surface area contributed by atoms with Crippen molar-refractivity contribution >= 4 is 28.9 Å². The van der Waals surface area contributed by atoms with Crippen molar-refractivity contribution in [3.05, 3.63) is 12.3 Å². The molecule has 0 heterocycles. The molecule has 0 atom stereocenters. The zero-order chi connectivity index (χ0) is 9.28. The van der Waals surface area contributed by atoms with E-state index in [0.29, 0.717) is 5.92 Å². The van der Waals surface area contributed by atoms with Crippen molar-refractivity contribution in [2.75, 3.05) is 0 Å². The van der Waals surface area contributed by atoms with Crippen LogP contribution in [0.2, 0.25) is 5.04 Å². The molecule has 0 nitrogen and oxygen atoms in total. The Morgan fingerprint density at radius 2 is 1.73 bits per heavy atom. The van der Waals surface area contributed by atoms with Crippen LogP contribution in [0.1, 0.15) is 27.7 Å². The van der Waals surface area contributed by atoms with Crippen molar-refractivity contribution in [1.29, 1.82) is 0 Å². The minimum Gasteiger partial charge on any atom is -0.140 e. The van der Waals surface area contributed by atoms with E-state index in [9.17, 15) is 0 Å². The average Bonchev–Trinajstić information content (AvgIpc) is 1.87. The van der Waals surface area contributed by atoms with Gasteiger partial charge in [-0.05, 0) is 11.0 Å². The Balaban J connectivity index is 4.66. The highest BCUT2D eigenvalue weighted by molar-refractivity contribution is 7.48. The molecule has 0 rings (SSSR count). The van der Waals surface area contributed by atoms with E-state index >= 15 is 0 Å². The second kappa shape index (κ2) is 3.50. The standard InChI is InChI=1S/C8H16Cl2Si/c1-6-11(9,10)8(4,5)7(2)3/h6-7H,1H2,2-5H3. The lowest BCUT2D eigenvalue weighted by Crippen LogP contribution is -2.35. The molecule has 0 amide bonds. The topological polar surface area (TPSA) is 0 Å². The van der Waals surface area contributed by atoms with Crippen LogP contribution in [-0.2, 0) is 0 Å². The SMILES string of the molecule is C=C[Si](Cl)(Cl)C(C)(C)C(C)C. The molecule has 0 fully saturated rings. The number of hydrogen-bond donors (Lipinski definition) is 0. The maximum absolute atomic E-state index is 6.19. The molecule has 0 aliphatic heterocycles. The largest absolute Gasteiger partial charge is 0.279 e. The first-order valence-corrected chi connectivity index (χ1v) is 7.87. The minimum absolute atomic E-state index is 0.00212. The third kappa shape index (κ3) is 2.23. The molecule has 0 saturated heterocycles. The monoisotopic (exact) mass is 210 g/mol. The molecule has 0 aliphatic carbocycles. The summed E-state index contributed by atoms with van der Waals surface area (Å²) in [6.45, 7) is 9.89. The van der Waals surface area contributed by atoms with E-state index in [-0.39, 0.29) is 5.04 Å². The Kier molecular flexibility index (Phi) is 3.68. The third-order valence-electron chi connectivity index (χ3n) is 2.56. The third-order valence-corrected chi connectivity index (χ3v) is 9.22. The van der Waals surface area contributed by atoms with Gasteiger partial charge in [0.15, 0.2) is 0 Å². The summed E-state index contributed by atoms with van der Waals surface area (Å²) in [5, 5.41) is -0.00212. The van der Waals surface area contributed by atoms with Crippen molar-refractivity contribution in [2.45, 2.75) is 32.7 Å². The van der Waals surface area contributed by atoms with Crippen LogP contribution in [0.4, 0.5) is 0 Å². The maximum atomic E-state index is 6.19. The number of halogens is 2. The van der Waals surface area contributed by atoms with E-state index in [1.807, 2.05) is 0 Å². The minimum atomic E-state index is -2.26. The van der Waals surface area contributed by atoms with Gasteiger partial charge >= 0.3 is 0 Å². The molecule has 0 spiro atoms. The molecule has 0 aromatic heterocycles. The van der Waals surface area contributed by atoms with Gasteiger partial charge in [-0.15, -0.1) is 28.7 Å². The second-order valence-electron chi connectivity index (χ2n) is 3.70. The Morgan fingerprint density at radius 1 is 1.36 bits per heavy atom. The molecule has 0 bridgehead atoms. The molecule has 0 aliphatic rings. The van der Waals surface area contributed by atoms with Crippen LogP contribution in [0, 0.1) is 5.92 Å². The molecule has 0 N–H and O–H groups in total. The van der Waals surface area contributed by atoms with Crippen LogP contribution in [0.15, 0.2) is 12.3 Å². The summed E-state index contributed by atoms with van der Waals surface area (Å²) in [5.74, 6) is 0.488. The van der Waals surface area contributed by atoms with Crippen molar-refractivity contribution < 1.29 is 0 Å². The fourth-order valence-corrected chi connectivity index (χ4v) is 3.25. The van der Waals surface area contributed by atoms with E-state index in [2.05, 4.69) is 34.3 Å². The summed E-state index contributed by atoms with van der Waals surface area (Å²) in [6, 6.07) is 0. The van der Waals surface area contributed by atoms with E-state index < -0.39 is 6.69 Å². The van der Waals surface area contributed by atoms with Gasteiger partial charge in [0.05, 0.1) is 0 Å². The van der Waals surface area contributed by atoms with E-state index in [4.69, 9.17) is 22.2 Å². The molecule has 0 aromatic rings. The molecule has 0 saturated carbocycles. The van der Waals surface area contributed by atoms with Gasteiger partial charge in [0.25, 0.3) is 6.69 Å². The quantitative estimate of drug-likeness (QED) is 0.487. The predicted molar refractivity (Wildman–Crippen MR) is 56.5 cm³/mol. The van der Waals surface area contributed by atoms with Crippen LogP contribution < -0.4 is 0 Å². The lowest BCUT2D eigenvalue weighted by Gasteiger charge is -2.36. The first kappa shape index (κ1) is 11.5. The lowest BCUT2D eigenvalue weighted by molar-refractivity contribution is 0.471. The summed E-state index contributed by atoms with van der Waals surface area (Å²) >= 11 is 12.4. The van der Waals surface area contributed by atoms with Crippen LogP contribution in [0.25, 0.3) is 0 Å². The smallest absolute Gasteiger partial charge is 0.140 e. The predicted octanol–water partition coefficient (Wildman–Crippen LogP) is 4.07. The van der Waals surface area contributed by atoms with Gasteiger partial charge in [0.2, 0.25) is 0 Å². The zero-order valence-corrected chi connectivity index (χ0v) is 10.1. The van der Waals surface area contributed by atoms with Gasteiger partial charge in [0.1, 0.15) is 0 Å². The number of hydrogen-bond acceptors (Lipinski definition) is 0. The highest BCUT2D eigenvalue weighted by atomic mass is 35.7. The average molecular weight is 211 g/mol. The van der Waals surface area contributed by atoms with Gasteiger partial charge in [0, 0.05) is 0 Å². The van der Waals surface area contributed by atoms with Crippen LogP contribution in [0.5, 0.6) is 0 Å². The molecular formula is C8H16Cl2Si. The number of rotatable bonds is 3. The molecule has 66 valence electrons. The van der Waals surface area contributed by atoms with Crippen molar-refractivity contribution in [3.63, 3.8) is 0 Å². The van der Waals surface area contributed by atoms with Crippen molar-refractivity contribution in [3.8, 4) is 0 Å². The molecule has 0 aromatic carbocycles. The van der Waals surface area contributed by atoms with Gasteiger partial charge in [-0.1, -0.05) is 33.4 Å². The van der Waals surface area contributed by atoms with Crippen molar-refractivity contribution in [2.24, 2.45) is 5.92 Å². The zero-order valence-electron chi connectivity index (χ0n) is 7.62. The molecule has 11 heavy (non-hydrogen) atoms. The Labute approximate surface area is 80.0 Å². The fraction of sp³-hybridized carbons (Fsp3) is 0.750. The van der Waals surface area contributed by atoms with Crippen molar-refractivity contribution in [1.82, 2.24) is 0 Å². The summed E-state index contributed by atoms with van der Waals surface area (Å²) in [4.78, 5) is 0. The first-order valence-electron chi connectivity index (χ1n) is 3.77. The Bertz CT molecular complexity index is 150. The maximum Gasteiger partial charge on any atom is 0.279 e. The summed E-state index contributed by atoms with van der Waals surface area (Å²) in [6.07, 6.45) is 0. The summed E-state index contributed by atoms with van der Waals surface area (Å²) < 4.78 is 0. The highest BCUT2D eigenvalue weighted by Crippen LogP contribution is 2.48. The molecule has 3 heteroatoms. The second-order valence-corrected chi connectivity index (χ2v) is 10.8. The Morgan fingerprint density at radius 3 is 1.82 bits per heavy atom. The highest BCUT2D eigenvalue weighted by Gasteiger charge is 2.44. The van der Waals surface area contributed by atoms with Gasteiger partial charge in [-0.25, -0.2) is 0 Å². The van der Waals surface area contributed by atoms with Gasteiger partial charge < -0.3 is 0 Å². The van der Waals surface area contributed by atoms with Crippen LogP contribution in [-0.4, -0.2) is 6.69 Å². The van der Waals surface area contributed by atoms with Crippen LogP contribution in [0.3, 0.4) is 0 Å².